The molecular formula is C12H18ClNO. The predicted molar refractivity (Wildman–Crippen MR) is 64.6 cm³/mol. The van der Waals surface area contributed by atoms with Crippen molar-refractivity contribution in [2.24, 2.45) is 5.73 Å². The Hall–Kier alpha value is -0.730. The second kappa shape index (κ2) is 5.99. The van der Waals surface area contributed by atoms with Crippen LogP contribution in [0.15, 0.2) is 18.2 Å². The lowest BCUT2D eigenvalue weighted by Gasteiger charge is -2.11. The molecule has 0 radical (unpaired) electrons. The van der Waals surface area contributed by atoms with E-state index in [0.29, 0.717) is 11.6 Å². The fraction of sp³-hybridized carbons (Fsp3) is 0.500. The summed E-state index contributed by atoms with van der Waals surface area (Å²) >= 11 is 5.99. The van der Waals surface area contributed by atoms with Gasteiger partial charge in [-0.25, -0.2) is 0 Å². The summed E-state index contributed by atoms with van der Waals surface area (Å²) in [5.41, 5.74) is 7.07. The van der Waals surface area contributed by atoms with Gasteiger partial charge in [0.15, 0.2) is 0 Å². The van der Waals surface area contributed by atoms with Crippen molar-refractivity contribution in [2.75, 3.05) is 6.61 Å². The molecule has 84 valence electrons. The van der Waals surface area contributed by atoms with Gasteiger partial charge in [0.2, 0.25) is 0 Å². The van der Waals surface area contributed by atoms with Crippen LogP contribution in [0.3, 0.4) is 0 Å². The Morgan fingerprint density at radius 3 is 2.73 bits per heavy atom. The lowest BCUT2D eigenvalue weighted by Crippen LogP contribution is -2.21. The summed E-state index contributed by atoms with van der Waals surface area (Å²) in [5.74, 6) is 0.750. The normalized spacial score (nSPS) is 12.5. The van der Waals surface area contributed by atoms with Gasteiger partial charge in [0.05, 0.1) is 11.6 Å². The van der Waals surface area contributed by atoms with Crippen molar-refractivity contribution in [3.8, 4) is 5.75 Å². The number of halogens is 1. The molecule has 0 bridgehead atoms. The van der Waals surface area contributed by atoms with Crippen LogP contribution in [0.25, 0.3) is 0 Å². The van der Waals surface area contributed by atoms with Crippen molar-refractivity contribution in [3.63, 3.8) is 0 Å². The maximum Gasteiger partial charge on any atom is 0.138 e. The third-order valence-electron chi connectivity index (χ3n) is 2.32. The highest BCUT2D eigenvalue weighted by atomic mass is 35.5. The lowest BCUT2D eigenvalue weighted by molar-refractivity contribution is 0.340. The number of ether oxygens (including phenoxy) is 1. The first-order valence-electron chi connectivity index (χ1n) is 5.34. The van der Waals surface area contributed by atoms with Gasteiger partial charge in [-0.15, -0.1) is 0 Å². The van der Waals surface area contributed by atoms with E-state index in [2.05, 4.69) is 6.92 Å². The van der Waals surface area contributed by atoms with Crippen LogP contribution in [0.1, 0.15) is 25.8 Å². The minimum absolute atomic E-state index is 0.209. The molecule has 3 heteroatoms. The van der Waals surface area contributed by atoms with E-state index in [0.717, 1.165) is 18.6 Å². The predicted octanol–water partition coefficient (Wildman–Crippen LogP) is 3.02. The number of hydrogen-bond acceptors (Lipinski definition) is 2. The maximum atomic E-state index is 5.99. The van der Waals surface area contributed by atoms with Crippen LogP contribution in [0.5, 0.6) is 5.75 Å². The van der Waals surface area contributed by atoms with Gasteiger partial charge in [-0.3, -0.25) is 0 Å². The Morgan fingerprint density at radius 2 is 2.13 bits per heavy atom. The van der Waals surface area contributed by atoms with Gasteiger partial charge in [-0.1, -0.05) is 24.6 Å². The summed E-state index contributed by atoms with van der Waals surface area (Å²) in [4.78, 5) is 0. The highest BCUT2D eigenvalue weighted by Crippen LogP contribution is 2.26. The number of benzene rings is 1. The van der Waals surface area contributed by atoms with Gasteiger partial charge in [0, 0.05) is 6.04 Å². The smallest absolute Gasteiger partial charge is 0.138 e. The monoisotopic (exact) mass is 227 g/mol. The van der Waals surface area contributed by atoms with Crippen molar-refractivity contribution in [1.29, 1.82) is 0 Å². The summed E-state index contributed by atoms with van der Waals surface area (Å²) in [7, 11) is 0. The van der Waals surface area contributed by atoms with E-state index >= 15 is 0 Å². The molecule has 1 unspecified atom stereocenters. The summed E-state index contributed by atoms with van der Waals surface area (Å²) in [5, 5.41) is 0.658. The van der Waals surface area contributed by atoms with Crippen molar-refractivity contribution in [1.82, 2.24) is 0 Å². The fourth-order valence-electron chi connectivity index (χ4n) is 1.39. The Balaban J connectivity index is 2.77. The van der Waals surface area contributed by atoms with Crippen LogP contribution in [-0.4, -0.2) is 12.6 Å². The zero-order chi connectivity index (χ0) is 11.3. The molecule has 0 aliphatic heterocycles. The van der Waals surface area contributed by atoms with E-state index in [1.54, 1.807) is 0 Å². The molecule has 0 spiro atoms. The Bertz CT molecular complexity index is 314. The van der Waals surface area contributed by atoms with Crippen LogP contribution >= 0.6 is 11.6 Å². The molecule has 0 fully saturated rings. The third-order valence-corrected chi connectivity index (χ3v) is 2.63. The van der Waals surface area contributed by atoms with Crippen LogP contribution < -0.4 is 10.5 Å². The van der Waals surface area contributed by atoms with Crippen LogP contribution in [0.2, 0.25) is 5.02 Å². The average molecular weight is 228 g/mol. The van der Waals surface area contributed by atoms with Gasteiger partial charge >= 0.3 is 0 Å². The number of hydrogen-bond donors (Lipinski definition) is 1. The van der Waals surface area contributed by atoms with Crippen LogP contribution in [0, 0.1) is 0 Å². The standard InChI is InChI=1S/C12H18ClNO/c1-3-10(14)7-9-5-6-11(13)12(8-9)15-4-2/h5-6,8,10H,3-4,7,14H2,1-2H3. The number of rotatable bonds is 5. The zero-order valence-corrected chi connectivity index (χ0v) is 10.1. The quantitative estimate of drug-likeness (QED) is 0.839. The van der Waals surface area contributed by atoms with E-state index < -0.39 is 0 Å². The molecular weight excluding hydrogens is 210 g/mol. The van der Waals surface area contributed by atoms with E-state index in [4.69, 9.17) is 22.1 Å². The van der Waals surface area contributed by atoms with Crippen LogP contribution in [-0.2, 0) is 6.42 Å². The second-order valence-corrected chi connectivity index (χ2v) is 3.98. The molecule has 15 heavy (non-hydrogen) atoms. The molecule has 1 aromatic rings. The van der Waals surface area contributed by atoms with Crippen molar-refractivity contribution in [2.45, 2.75) is 32.7 Å². The summed E-state index contributed by atoms with van der Waals surface area (Å²) < 4.78 is 5.42. The summed E-state index contributed by atoms with van der Waals surface area (Å²) in [6.45, 7) is 4.66. The molecule has 1 aromatic carbocycles. The van der Waals surface area contributed by atoms with Gasteiger partial charge in [-0.2, -0.15) is 0 Å². The second-order valence-electron chi connectivity index (χ2n) is 3.57. The molecule has 0 aliphatic rings. The molecule has 0 amide bonds. The first-order chi connectivity index (χ1) is 7.17. The molecule has 1 atom stereocenters. The highest BCUT2D eigenvalue weighted by molar-refractivity contribution is 6.32. The molecule has 2 nitrogen and oxygen atoms in total. The Kier molecular flexibility index (Phi) is 4.92. The lowest BCUT2D eigenvalue weighted by atomic mass is 10.0. The van der Waals surface area contributed by atoms with Crippen LogP contribution in [0.4, 0.5) is 0 Å². The van der Waals surface area contributed by atoms with Gasteiger partial charge in [0.1, 0.15) is 5.75 Å². The third kappa shape index (κ3) is 3.73. The summed E-state index contributed by atoms with van der Waals surface area (Å²) in [6, 6.07) is 6.05. The molecule has 0 heterocycles. The number of nitrogens with two attached hydrogens (primary N) is 1. The SMILES string of the molecule is CCOc1cc(CC(N)CC)ccc1Cl. The fourth-order valence-corrected chi connectivity index (χ4v) is 1.56. The van der Waals surface area contributed by atoms with Crippen molar-refractivity contribution >= 4 is 11.6 Å². The van der Waals surface area contributed by atoms with Crippen molar-refractivity contribution < 1.29 is 4.74 Å². The Labute approximate surface area is 96.4 Å². The molecule has 2 N–H and O–H groups in total. The minimum atomic E-state index is 0.209. The van der Waals surface area contributed by atoms with E-state index in [-0.39, 0.29) is 6.04 Å². The minimum Gasteiger partial charge on any atom is -0.492 e. The van der Waals surface area contributed by atoms with E-state index in [1.807, 2.05) is 25.1 Å². The van der Waals surface area contributed by atoms with Gasteiger partial charge in [-0.05, 0) is 37.5 Å². The van der Waals surface area contributed by atoms with Gasteiger partial charge in [0.25, 0.3) is 0 Å². The first-order valence-corrected chi connectivity index (χ1v) is 5.72. The molecule has 0 saturated heterocycles. The first kappa shape index (κ1) is 12.3. The molecule has 0 aromatic heterocycles. The van der Waals surface area contributed by atoms with Gasteiger partial charge < -0.3 is 10.5 Å². The van der Waals surface area contributed by atoms with E-state index in [1.165, 1.54) is 5.56 Å². The highest BCUT2D eigenvalue weighted by Gasteiger charge is 2.05. The largest absolute Gasteiger partial charge is 0.492 e. The summed E-state index contributed by atoms with van der Waals surface area (Å²) in [6.07, 6.45) is 1.85. The average Bonchev–Trinajstić information content (AvgIpc) is 2.23. The van der Waals surface area contributed by atoms with E-state index in [9.17, 15) is 0 Å². The van der Waals surface area contributed by atoms with Crippen molar-refractivity contribution in [3.05, 3.63) is 28.8 Å². The molecule has 0 saturated carbocycles. The maximum absolute atomic E-state index is 5.99. The molecule has 0 aliphatic carbocycles. The zero-order valence-electron chi connectivity index (χ0n) is 9.29. The Morgan fingerprint density at radius 1 is 1.40 bits per heavy atom. The molecule has 1 rings (SSSR count). The topological polar surface area (TPSA) is 35.2 Å².